The number of likely N-dealkylation sites (tertiary alicyclic amines) is 1. The predicted molar refractivity (Wildman–Crippen MR) is 116 cm³/mol. The lowest BCUT2D eigenvalue weighted by molar-refractivity contribution is 0.0466. The van der Waals surface area contributed by atoms with E-state index in [0.29, 0.717) is 12.0 Å². The second-order valence-corrected chi connectivity index (χ2v) is 7.34. The molecule has 7 heteroatoms. The Bertz CT molecular complexity index is 554. The summed E-state index contributed by atoms with van der Waals surface area (Å²) in [5, 5.41) is 7.77. The van der Waals surface area contributed by atoms with Gasteiger partial charge >= 0.3 is 0 Å². The highest BCUT2D eigenvalue weighted by Gasteiger charge is 2.26. The third-order valence-electron chi connectivity index (χ3n) is 5.44. The molecule has 0 aromatic carbocycles. The van der Waals surface area contributed by atoms with E-state index in [-0.39, 0.29) is 24.0 Å². The summed E-state index contributed by atoms with van der Waals surface area (Å²) in [5.74, 6) is 1.55. The van der Waals surface area contributed by atoms with Crippen LogP contribution < -0.4 is 5.32 Å². The zero-order valence-corrected chi connectivity index (χ0v) is 18.5. The van der Waals surface area contributed by atoms with Crippen LogP contribution in [0, 0.1) is 0 Å². The average Bonchev–Trinajstić information content (AvgIpc) is 3.18. The summed E-state index contributed by atoms with van der Waals surface area (Å²) in [6.45, 7) is 3.65. The maximum Gasteiger partial charge on any atom is 0.193 e. The summed E-state index contributed by atoms with van der Waals surface area (Å²) in [7, 11) is 3.84. The minimum atomic E-state index is 0. The highest BCUT2D eigenvalue weighted by molar-refractivity contribution is 14.0. The van der Waals surface area contributed by atoms with E-state index < -0.39 is 0 Å². The second-order valence-electron chi connectivity index (χ2n) is 7.34. The van der Waals surface area contributed by atoms with Gasteiger partial charge < -0.3 is 15.0 Å². The van der Waals surface area contributed by atoms with Gasteiger partial charge in [-0.05, 0) is 24.8 Å². The van der Waals surface area contributed by atoms with Crippen LogP contribution >= 0.6 is 24.0 Å². The fraction of sp³-hybridized carbons (Fsp3) is 0.789. The lowest BCUT2D eigenvalue weighted by Gasteiger charge is -2.22. The first-order valence-corrected chi connectivity index (χ1v) is 9.82. The van der Waals surface area contributed by atoms with Gasteiger partial charge in [0.05, 0.1) is 18.9 Å². The molecule has 2 aliphatic rings. The highest BCUT2D eigenvalue weighted by atomic mass is 127. The molecule has 0 radical (unpaired) electrons. The number of aryl methyl sites for hydroxylation is 1. The maximum atomic E-state index is 6.07. The number of nitrogens with zero attached hydrogens (tertiary/aromatic N) is 4. The molecule has 1 atom stereocenters. The average molecular weight is 475 g/mol. The van der Waals surface area contributed by atoms with E-state index in [1.807, 2.05) is 25.0 Å². The largest absolute Gasteiger partial charge is 0.376 e. The first kappa shape index (κ1) is 21.5. The molecule has 6 nitrogen and oxygen atoms in total. The van der Waals surface area contributed by atoms with Crippen LogP contribution in [0.3, 0.4) is 0 Å². The second kappa shape index (κ2) is 11.1. The molecule has 1 saturated heterocycles. The lowest BCUT2D eigenvalue weighted by atomic mass is 10.0. The molecule has 3 rings (SSSR count). The first-order chi connectivity index (χ1) is 12.3. The van der Waals surface area contributed by atoms with Gasteiger partial charge in [-0.2, -0.15) is 5.10 Å². The molecule has 2 fully saturated rings. The van der Waals surface area contributed by atoms with Gasteiger partial charge in [-0.1, -0.05) is 25.7 Å². The van der Waals surface area contributed by atoms with Gasteiger partial charge in [0, 0.05) is 45.8 Å². The van der Waals surface area contributed by atoms with Crippen molar-refractivity contribution in [2.75, 3.05) is 33.3 Å². The van der Waals surface area contributed by atoms with Gasteiger partial charge in [-0.15, -0.1) is 24.0 Å². The van der Waals surface area contributed by atoms with E-state index in [4.69, 9.17) is 4.74 Å². The van der Waals surface area contributed by atoms with Crippen molar-refractivity contribution in [2.24, 2.45) is 12.0 Å². The molecule has 0 amide bonds. The number of aromatic nitrogens is 2. The van der Waals surface area contributed by atoms with E-state index >= 15 is 0 Å². The van der Waals surface area contributed by atoms with Crippen molar-refractivity contribution in [3.63, 3.8) is 0 Å². The van der Waals surface area contributed by atoms with E-state index in [2.05, 4.69) is 26.5 Å². The van der Waals surface area contributed by atoms with Crippen LogP contribution in [0.25, 0.3) is 0 Å². The minimum Gasteiger partial charge on any atom is -0.376 e. The Morgan fingerprint density at radius 1 is 1.27 bits per heavy atom. The Labute approximate surface area is 174 Å². The molecule has 1 aliphatic heterocycles. The Balaban J connectivity index is 0.00000243. The van der Waals surface area contributed by atoms with Gasteiger partial charge in [-0.25, -0.2) is 0 Å². The molecule has 1 aromatic rings. The molecule has 1 aromatic heterocycles. The van der Waals surface area contributed by atoms with Crippen LogP contribution in [0.4, 0.5) is 0 Å². The Hall–Kier alpha value is -0.830. The number of hydrogen-bond donors (Lipinski definition) is 1. The molecular weight excluding hydrogens is 441 g/mol. The molecule has 148 valence electrons. The quantitative estimate of drug-likeness (QED) is 0.234. The van der Waals surface area contributed by atoms with E-state index in [1.165, 1.54) is 44.1 Å². The van der Waals surface area contributed by atoms with Gasteiger partial charge in [0.15, 0.2) is 5.96 Å². The maximum absolute atomic E-state index is 6.07. The van der Waals surface area contributed by atoms with Gasteiger partial charge in [0.2, 0.25) is 0 Å². The fourth-order valence-electron chi connectivity index (χ4n) is 4.00. The summed E-state index contributed by atoms with van der Waals surface area (Å²) in [6, 6.07) is 0. The smallest absolute Gasteiger partial charge is 0.193 e. The monoisotopic (exact) mass is 475 g/mol. The standard InChI is InChI=1S/C19H33N5O.HI/c1-20-19(21-10-12-25-18-7-5-3-4-6-8-18)24-11-9-16(15-24)17-13-22-23(2)14-17;/h13-14,16,18H,3-12,15H2,1-2H3,(H,20,21);1H. The van der Waals surface area contributed by atoms with Crippen LogP contribution in [-0.2, 0) is 11.8 Å². The van der Waals surface area contributed by atoms with E-state index in [0.717, 1.165) is 38.6 Å². The van der Waals surface area contributed by atoms with Crippen molar-refractivity contribution in [3.05, 3.63) is 18.0 Å². The minimum absolute atomic E-state index is 0. The van der Waals surface area contributed by atoms with Crippen molar-refractivity contribution in [1.29, 1.82) is 0 Å². The van der Waals surface area contributed by atoms with Crippen LogP contribution in [0.15, 0.2) is 17.4 Å². The summed E-state index contributed by atoms with van der Waals surface area (Å²) in [5.41, 5.74) is 1.33. The summed E-state index contributed by atoms with van der Waals surface area (Å²) < 4.78 is 7.95. The molecule has 1 aliphatic carbocycles. The number of nitrogens with one attached hydrogen (secondary N) is 1. The van der Waals surface area contributed by atoms with Gasteiger partial charge in [0.25, 0.3) is 0 Å². The summed E-state index contributed by atoms with van der Waals surface area (Å²) >= 11 is 0. The van der Waals surface area contributed by atoms with Crippen LogP contribution in [0.5, 0.6) is 0 Å². The van der Waals surface area contributed by atoms with Crippen molar-refractivity contribution in [3.8, 4) is 0 Å². The molecule has 26 heavy (non-hydrogen) atoms. The normalized spacial score (nSPS) is 22.2. The zero-order valence-electron chi connectivity index (χ0n) is 16.2. The molecule has 1 unspecified atom stereocenters. The molecule has 2 heterocycles. The first-order valence-electron chi connectivity index (χ1n) is 9.82. The highest BCUT2D eigenvalue weighted by Crippen LogP contribution is 2.26. The van der Waals surface area contributed by atoms with Crippen molar-refractivity contribution in [2.45, 2.75) is 57.0 Å². The Morgan fingerprint density at radius 2 is 2.04 bits per heavy atom. The number of ether oxygens (including phenoxy) is 1. The van der Waals surface area contributed by atoms with Crippen LogP contribution in [-0.4, -0.2) is 60.0 Å². The number of aliphatic imine (C=N–C) groups is 1. The topological polar surface area (TPSA) is 54.7 Å². The third kappa shape index (κ3) is 6.11. The molecule has 1 saturated carbocycles. The van der Waals surface area contributed by atoms with Crippen LogP contribution in [0.2, 0.25) is 0 Å². The Morgan fingerprint density at radius 3 is 2.69 bits per heavy atom. The summed E-state index contributed by atoms with van der Waals surface area (Å²) in [6.07, 6.45) is 13.6. The molecular formula is C19H34IN5O. The van der Waals surface area contributed by atoms with E-state index in [9.17, 15) is 0 Å². The van der Waals surface area contributed by atoms with Gasteiger partial charge in [-0.3, -0.25) is 9.67 Å². The van der Waals surface area contributed by atoms with Gasteiger partial charge in [0.1, 0.15) is 0 Å². The Kier molecular flexibility index (Phi) is 9.18. The predicted octanol–water partition coefficient (Wildman–Crippen LogP) is 3.14. The SMILES string of the molecule is CN=C(NCCOC1CCCCCC1)N1CCC(c2cnn(C)c2)C1.I. The van der Waals surface area contributed by atoms with E-state index in [1.54, 1.807) is 0 Å². The lowest BCUT2D eigenvalue weighted by Crippen LogP contribution is -2.41. The van der Waals surface area contributed by atoms with Crippen molar-refractivity contribution in [1.82, 2.24) is 20.0 Å². The number of rotatable bonds is 5. The number of halogens is 1. The number of hydrogen-bond acceptors (Lipinski definition) is 3. The zero-order chi connectivity index (χ0) is 17.5. The summed E-state index contributed by atoms with van der Waals surface area (Å²) in [4.78, 5) is 6.81. The van der Waals surface area contributed by atoms with Crippen LogP contribution in [0.1, 0.15) is 56.4 Å². The third-order valence-corrected chi connectivity index (χ3v) is 5.44. The number of guanidine groups is 1. The molecule has 1 N–H and O–H groups in total. The van der Waals surface area contributed by atoms with Crippen molar-refractivity contribution < 1.29 is 4.74 Å². The fourth-order valence-corrected chi connectivity index (χ4v) is 4.00. The molecule has 0 spiro atoms. The molecule has 0 bridgehead atoms. The van der Waals surface area contributed by atoms with Crippen molar-refractivity contribution >= 4 is 29.9 Å².